The summed E-state index contributed by atoms with van der Waals surface area (Å²) in [5, 5.41) is 10.5. The van der Waals surface area contributed by atoms with Crippen LogP contribution in [0.15, 0.2) is 24.9 Å². The van der Waals surface area contributed by atoms with E-state index in [1.807, 2.05) is 19.9 Å². The summed E-state index contributed by atoms with van der Waals surface area (Å²) in [6, 6.07) is 2.30. The van der Waals surface area contributed by atoms with E-state index in [0.717, 1.165) is 31.4 Å². The number of pyridine rings is 1. The largest absolute Gasteiger partial charge is 0.476 e. The highest BCUT2D eigenvalue weighted by Crippen LogP contribution is 2.29. The summed E-state index contributed by atoms with van der Waals surface area (Å²) in [5.41, 5.74) is 7.48. The minimum absolute atomic E-state index is 0. The van der Waals surface area contributed by atoms with E-state index in [1.165, 1.54) is 6.33 Å². The molecule has 11 heteroatoms. The predicted octanol–water partition coefficient (Wildman–Crippen LogP) is 2.15. The lowest BCUT2D eigenvalue weighted by Crippen LogP contribution is -2.38. The van der Waals surface area contributed by atoms with Crippen LogP contribution >= 0.6 is 0 Å². The van der Waals surface area contributed by atoms with Gasteiger partial charge in [-0.15, -0.1) is 0 Å². The van der Waals surface area contributed by atoms with Gasteiger partial charge >= 0.3 is 0 Å². The van der Waals surface area contributed by atoms with E-state index in [9.17, 15) is 4.79 Å². The number of hydrogen-bond donors (Lipinski definition) is 5. The van der Waals surface area contributed by atoms with Gasteiger partial charge in [0.15, 0.2) is 0 Å². The van der Waals surface area contributed by atoms with Gasteiger partial charge in [0.25, 0.3) is 0 Å². The number of rotatable bonds is 8. The van der Waals surface area contributed by atoms with Crippen molar-refractivity contribution in [2.75, 3.05) is 17.7 Å². The lowest BCUT2D eigenvalue weighted by Gasteiger charge is -2.30. The number of nitrogens with one attached hydrogen (secondary N) is 2. The summed E-state index contributed by atoms with van der Waals surface area (Å²) in [6.45, 7) is 5.01. The number of carbonyl (C=O) groups is 1. The summed E-state index contributed by atoms with van der Waals surface area (Å²) in [7, 11) is 0. The molecule has 1 aliphatic carbocycles. The smallest absolute Gasteiger partial charge is 0.223 e. The third kappa shape index (κ3) is 7.16. The van der Waals surface area contributed by atoms with Crippen molar-refractivity contribution in [3.05, 3.63) is 24.9 Å². The molecule has 1 fully saturated rings. The third-order valence-corrected chi connectivity index (χ3v) is 4.84. The number of carbonyl (C=O) groups excluding carboxylic acids is 1. The Morgan fingerprint density at radius 2 is 2.03 bits per heavy atom. The molecule has 0 aliphatic heterocycles. The van der Waals surface area contributed by atoms with Gasteiger partial charge in [-0.2, -0.15) is 5.10 Å². The molecule has 10 N–H and O–H groups in total. The molecule has 11 nitrogen and oxygen atoms in total. The number of hydrogen-bond acceptors (Lipinski definition) is 9. The zero-order chi connectivity index (χ0) is 19.9. The van der Waals surface area contributed by atoms with Crippen LogP contribution in [0.4, 0.5) is 11.4 Å². The van der Waals surface area contributed by atoms with E-state index in [4.69, 9.17) is 10.5 Å². The predicted molar refractivity (Wildman–Crippen MR) is 117 cm³/mol. The fourth-order valence-electron chi connectivity index (χ4n) is 3.36. The highest BCUT2D eigenvalue weighted by molar-refractivity contribution is 5.79. The number of amides is 1. The molecular formula is C19H35N9O2. The number of nitrogen functional groups attached to an aromatic ring is 1. The Kier molecular flexibility index (Phi) is 9.99. The topological polar surface area (TPSA) is 190 Å². The third-order valence-electron chi connectivity index (χ3n) is 4.84. The maximum Gasteiger partial charge on any atom is 0.223 e. The van der Waals surface area contributed by atoms with Crippen LogP contribution in [0.1, 0.15) is 39.5 Å². The second-order valence-electron chi connectivity index (χ2n) is 7.47. The van der Waals surface area contributed by atoms with E-state index in [-0.39, 0.29) is 36.2 Å². The van der Waals surface area contributed by atoms with E-state index in [1.54, 1.807) is 17.2 Å². The molecule has 30 heavy (non-hydrogen) atoms. The van der Waals surface area contributed by atoms with Crippen LogP contribution in [0.25, 0.3) is 0 Å². The average Bonchev–Trinajstić information content (AvgIpc) is 3.18. The molecule has 0 atom stereocenters. The van der Waals surface area contributed by atoms with Crippen LogP contribution in [0.2, 0.25) is 0 Å². The monoisotopic (exact) mass is 421 g/mol. The van der Waals surface area contributed by atoms with Crippen LogP contribution in [-0.4, -0.2) is 44.3 Å². The van der Waals surface area contributed by atoms with Gasteiger partial charge in [-0.3, -0.25) is 4.79 Å². The van der Waals surface area contributed by atoms with Gasteiger partial charge in [-0.05, 0) is 39.5 Å². The molecule has 1 saturated carbocycles. The second kappa shape index (κ2) is 11.9. The second-order valence-corrected chi connectivity index (χ2v) is 7.47. The van der Waals surface area contributed by atoms with Gasteiger partial charge in [0.05, 0.1) is 24.1 Å². The van der Waals surface area contributed by atoms with Crippen molar-refractivity contribution >= 4 is 17.3 Å². The first kappa shape index (κ1) is 25.1. The first-order chi connectivity index (χ1) is 13.5. The Morgan fingerprint density at radius 1 is 1.30 bits per heavy atom. The minimum atomic E-state index is 0. The molecule has 168 valence electrons. The van der Waals surface area contributed by atoms with Crippen molar-refractivity contribution in [1.82, 2.24) is 37.4 Å². The summed E-state index contributed by atoms with van der Waals surface area (Å²) < 4.78 is 7.40. The molecule has 2 heterocycles. The first-order valence-corrected chi connectivity index (χ1v) is 9.79. The van der Waals surface area contributed by atoms with Crippen molar-refractivity contribution in [3.63, 3.8) is 0 Å². The van der Waals surface area contributed by atoms with Crippen molar-refractivity contribution in [1.29, 1.82) is 0 Å². The van der Waals surface area contributed by atoms with E-state index >= 15 is 0 Å². The van der Waals surface area contributed by atoms with E-state index in [2.05, 4.69) is 25.7 Å². The van der Waals surface area contributed by atoms with Gasteiger partial charge < -0.3 is 33.4 Å². The van der Waals surface area contributed by atoms with Gasteiger partial charge in [-0.25, -0.2) is 14.6 Å². The Labute approximate surface area is 177 Å². The Morgan fingerprint density at radius 3 is 2.67 bits per heavy atom. The zero-order valence-corrected chi connectivity index (χ0v) is 17.9. The molecular weight excluding hydrogens is 386 g/mol. The first-order valence-electron chi connectivity index (χ1n) is 9.79. The molecule has 0 bridgehead atoms. The maximum absolute atomic E-state index is 12.2. The van der Waals surface area contributed by atoms with Gasteiger partial charge in [0.2, 0.25) is 11.8 Å². The highest BCUT2D eigenvalue weighted by Gasteiger charge is 2.26. The number of nitrogens with zero attached hydrogens (tertiary/aromatic N) is 4. The highest BCUT2D eigenvalue weighted by atomic mass is 16.5. The number of ether oxygens (including phenoxy) is 1. The number of nitrogens with two attached hydrogens (primary N) is 1. The van der Waals surface area contributed by atoms with Crippen LogP contribution in [-0.2, 0) is 11.3 Å². The standard InChI is InChI=1S/C19H29N7O2.2H3N/c1-13(2)24-19(27)14-3-5-15(6-4-14)25-17-9-18(22-10-16(17)20)28-8-7-26-12-21-11-23-26;;/h9-15H,3-8,20H2,1-2H3,(H,22,25)(H,24,27);2*1H3/t14-,15+;;. The number of aromatic nitrogens is 4. The van der Waals surface area contributed by atoms with Crippen LogP contribution < -0.4 is 33.4 Å². The van der Waals surface area contributed by atoms with Crippen LogP contribution in [0.5, 0.6) is 5.88 Å². The molecule has 0 aromatic carbocycles. The van der Waals surface area contributed by atoms with Gasteiger partial charge in [-0.1, -0.05) is 0 Å². The lowest BCUT2D eigenvalue weighted by molar-refractivity contribution is -0.126. The van der Waals surface area contributed by atoms with Crippen LogP contribution in [0, 0.1) is 5.92 Å². The minimum Gasteiger partial charge on any atom is -0.476 e. The SMILES string of the molecule is CC(C)NC(=O)[C@H]1CC[C@@H](Nc2cc(OCCn3cncn3)ncc2N)CC1.N.N. The molecule has 0 unspecified atom stereocenters. The average molecular weight is 422 g/mol. The Bertz CT molecular complexity index is 759. The van der Waals surface area contributed by atoms with E-state index in [0.29, 0.717) is 24.7 Å². The van der Waals surface area contributed by atoms with Crippen LogP contribution in [0.3, 0.4) is 0 Å². The fraction of sp³-hybridized carbons (Fsp3) is 0.579. The van der Waals surface area contributed by atoms with Gasteiger partial charge in [0.1, 0.15) is 19.3 Å². The maximum atomic E-state index is 12.2. The molecule has 0 radical (unpaired) electrons. The molecule has 2 aromatic rings. The molecule has 2 aromatic heterocycles. The quantitative estimate of drug-likeness (QED) is 0.425. The molecule has 0 spiro atoms. The van der Waals surface area contributed by atoms with Crippen molar-refractivity contribution in [3.8, 4) is 5.88 Å². The van der Waals surface area contributed by atoms with Gasteiger partial charge in [0, 0.05) is 24.1 Å². The molecule has 1 amide bonds. The summed E-state index contributed by atoms with van der Waals surface area (Å²) >= 11 is 0. The fourth-order valence-corrected chi connectivity index (χ4v) is 3.36. The lowest BCUT2D eigenvalue weighted by atomic mass is 9.85. The van der Waals surface area contributed by atoms with Crippen molar-refractivity contribution < 1.29 is 9.53 Å². The molecule has 0 saturated heterocycles. The summed E-state index contributed by atoms with van der Waals surface area (Å²) in [5.74, 6) is 0.785. The van der Waals surface area contributed by atoms with Crippen molar-refractivity contribution in [2.45, 2.75) is 58.2 Å². The van der Waals surface area contributed by atoms with E-state index < -0.39 is 0 Å². The summed E-state index contributed by atoms with van der Waals surface area (Å²) in [6.07, 6.45) is 8.36. The normalized spacial score (nSPS) is 18.1. The molecule has 3 rings (SSSR count). The zero-order valence-electron chi connectivity index (χ0n) is 17.9. The summed E-state index contributed by atoms with van der Waals surface area (Å²) in [4.78, 5) is 20.3. The number of anilines is 2. The Hall–Kier alpha value is -2.92. The van der Waals surface area contributed by atoms with Crippen molar-refractivity contribution in [2.24, 2.45) is 5.92 Å². The Balaban J connectivity index is 0.00000225. The molecule has 1 aliphatic rings.